The lowest BCUT2D eigenvalue weighted by molar-refractivity contribution is -0.123. The molecule has 26 heavy (non-hydrogen) atoms. The number of methoxy groups -OCH3 is 1. The fraction of sp³-hybridized carbons (Fsp3) is 0.238. The van der Waals surface area contributed by atoms with Crippen LogP contribution in [0.4, 0.5) is 0 Å². The average Bonchev–Trinajstić information content (AvgIpc) is 3.36. The molecule has 4 rings (SSSR count). The third kappa shape index (κ3) is 3.08. The Morgan fingerprint density at radius 2 is 1.96 bits per heavy atom. The number of nitrogens with one attached hydrogen (secondary N) is 1. The van der Waals surface area contributed by atoms with Crippen molar-refractivity contribution in [3.05, 3.63) is 71.9 Å². The molecule has 0 aliphatic heterocycles. The number of nitrogens with zero attached hydrogens (tertiary/aromatic N) is 1. The minimum absolute atomic E-state index is 0.00634. The van der Waals surface area contributed by atoms with Gasteiger partial charge in [-0.25, -0.2) is 0 Å². The van der Waals surface area contributed by atoms with Crippen molar-refractivity contribution in [3.63, 3.8) is 0 Å². The number of ether oxygens (including phenoxy) is 1. The van der Waals surface area contributed by atoms with Crippen molar-refractivity contribution in [2.45, 2.75) is 24.8 Å². The predicted molar refractivity (Wildman–Crippen MR) is 97.7 cm³/mol. The lowest BCUT2D eigenvalue weighted by atomic mass is 10.00. The number of benzene rings is 2. The van der Waals surface area contributed by atoms with Crippen LogP contribution in [-0.2, 0) is 16.8 Å². The monoisotopic (exact) mass is 348 g/mol. The van der Waals surface area contributed by atoms with Crippen molar-refractivity contribution in [3.8, 4) is 17.1 Å². The van der Waals surface area contributed by atoms with Crippen molar-refractivity contribution in [1.82, 2.24) is 10.5 Å². The lowest BCUT2D eigenvalue weighted by Gasteiger charge is -2.12. The molecule has 1 N–H and O–H groups in total. The zero-order valence-electron chi connectivity index (χ0n) is 14.6. The Kier molecular flexibility index (Phi) is 4.21. The third-order valence-corrected chi connectivity index (χ3v) is 4.84. The predicted octanol–water partition coefficient (Wildman–Crippen LogP) is 3.70. The fourth-order valence-electron chi connectivity index (χ4n) is 3.09. The minimum atomic E-state index is -0.560. The number of carbonyl (C=O) groups excluding carboxylic acids is 1. The third-order valence-electron chi connectivity index (χ3n) is 4.84. The maximum absolute atomic E-state index is 12.7. The van der Waals surface area contributed by atoms with Gasteiger partial charge >= 0.3 is 0 Å². The number of amides is 1. The van der Waals surface area contributed by atoms with E-state index in [4.69, 9.17) is 9.26 Å². The lowest BCUT2D eigenvalue weighted by Crippen LogP contribution is -2.34. The van der Waals surface area contributed by atoms with Crippen LogP contribution in [0.5, 0.6) is 5.75 Å². The normalized spacial score (nSPS) is 14.7. The molecule has 1 fully saturated rings. The molecule has 3 aromatic rings. The Hall–Kier alpha value is -3.08. The van der Waals surface area contributed by atoms with Crippen LogP contribution >= 0.6 is 0 Å². The molecular weight excluding hydrogens is 328 g/mol. The first-order valence-electron chi connectivity index (χ1n) is 8.65. The Morgan fingerprint density at radius 1 is 1.15 bits per heavy atom. The number of rotatable bonds is 6. The zero-order valence-corrected chi connectivity index (χ0v) is 14.6. The van der Waals surface area contributed by atoms with Gasteiger partial charge in [0, 0.05) is 18.2 Å². The Labute approximate surface area is 152 Å². The SMILES string of the molecule is COc1cccc(-c2cc(C3(C(=O)NCc4ccccc4)CC3)no2)c1. The van der Waals surface area contributed by atoms with Crippen molar-refractivity contribution >= 4 is 5.91 Å². The summed E-state index contributed by atoms with van der Waals surface area (Å²) in [6.45, 7) is 0.516. The number of aromatic nitrogens is 1. The van der Waals surface area contributed by atoms with E-state index in [2.05, 4.69) is 10.5 Å². The largest absolute Gasteiger partial charge is 0.497 e. The van der Waals surface area contributed by atoms with E-state index in [-0.39, 0.29) is 5.91 Å². The standard InChI is InChI=1S/C21H20N2O3/c1-25-17-9-5-8-16(12-17)18-13-19(23-26-18)21(10-11-21)20(24)22-14-15-6-3-2-4-7-15/h2-9,12-13H,10-11,14H2,1H3,(H,22,24). The maximum atomic E-state index is 12.7. The van der Waals surface area contributed by atoms with Crippen LogP contribution in [0.2, 0.25) is 0 Å². The highest BCUT2D eigenvalue weighted by Crippen LogP contribution is 2.48. The molecule has 132 valence electrons. The highest BCUT2D eigenvalue weighted by Gasteiger charge is 2.53. The first-order chi connectivity index (χ1) is 12.7. The fourth-order valence-corrected chi connectivity index (χ4v) is 3.09. The van der Waals surface area contributed by atoms with Gasteiger partial charge in [0.2, 0.25) is 5.91 Å². The van der Waals surface area contributed by atoms with Gasteiger partial charge < -0.3 is 14.6 Å². The summed E-state index contributed by atoms with van der Waals surface area (Å²) in [4.78, 5) is 12.7. The minimum Gasteiger partial charge on any atom is -0.497 e. The first kappa shape index (κ1) is 16.4. The summed E-state index contributed by atoms with van der Waals surface area (Å²) in [6, 6.07) is 19.3. The molecule has 1 aromatic heterocycles. The molecule has 1 heterocycles. The molecule has 2 aromatic carbocycles. The van der Waals surface area contributed by atoms with E-state index in [1.54, 1.807) is 7.11 Å². The highest BCUT2D eigenvalue weighted by atomic mass is 16.5. The molecule has 1 aliphatic rings. The van der Waals surface area contributed by atoms with Crippen LogP contribution in [-0.4, -0.2) is 18.2 Å². The van der Waals surface area contributed by atoms with Gasteiger partial charge in [-0.1, -0.05) is 47.6 Å². The molecular formula is C21H20N2O3. The number of hydrogen-bond acceptors (Lipinski definition) is 4. The van der Waals surface area contributed by atoms with Crippen LogP contribution in [0.15, 0.2) is 65.2 Å². The van der Waals surface area contributed by atoms with Crippen LogP contribution in [0.1, 0.15) is 24.1 Å². The Morgan fingerprint density at radius 3 is 2.69 bits per heavy atom. The smallest absolute Gasteiger partial charge is 0.232 e. The van der Waals surface area contributed by atoms with E-state index < -0.39 is 5.41 Å². The van der Waals surface area contributed by atoms with E-state index in [9.17, 15) is 4.79 Å². The van der Waals surface area contributed by atoms with E-state index in [0.717, 1.165) is 29.7 Å². The summed E-state index contributed by atoms with van der Waals surface area (Å²) >= 11 is 0. The van der Waals surface area contributed by atoms with Crippen LogP contribution in [0.3, 0.4) is 0 Å². The molecule has 0 saturated heterocycles. The summed E-state index contributed by atoms with van der Waals surface area (Å²) in [6.07, 6.45) is 1.58. The summed E-state index contributed by atoms with van der Waals surface area (Å²) in [7, 11) is 1.63. The molecule has 0 radical (unpaired) electrons. The van der Waals surface area contributed by atoms with E-state index >= 15 is 0 Å². The van der Waals surface area contributed by atoms with Gasteiger partial charge in [-0.2, -0.15) is 0 Å². The second kappa shape index (κ2) is 6.67. The van der Waals surface area contributed by atoms with Gasteiger partial charge in [-0.15, -0.1) is 0 Å². The molecule has 1 amide bonds. The highest BCUT2D eigenvalue weighted by molar-refractivity contribution is 5.91. The van der Waals surface area contributed by atoms with Gasteiger partial charge in [0.1, 0.15) is 5.75 Å². The maximum Gasteiger partial charge on any atom is 0.232 e. The summed E-state index contributed by atoms with van der Waals surface area (Å²) in [5.41, 5.74) is 2.09. The summed E-state index contributed by atoms with van der Waals surface area (Å²) < 4.78 is 10.8. The second-order valence-electron chi connectivity index (χ2n) is 6.56. The molecule has 0 atom stereocenters. The van der Waals surface area contributed by atoms with E-state index in [1.165, 1.54) is 0 Å². The van der Waals surface area contributed by atoms with E-state index in [1.807, 2.05) is 60.7 Å². The molecule has 0 spiro atoms. The average molecular weight is 348 g/mol. The quantitative estimate of drug-likeness (QED) is 0.738. The van der Waals surface area contributed by atoms with E-state index in [0.29, 0.717) is 18.0 Å². The number of carbonyl (C=O) groups is 1. The molecule has 0 unspecified atom stereocenters. The molecule has 5 heteroatoms. The first-order valence-corrected chi connectivity index (χ1v) is 8.65. The second-order valence-corrected chi connectivity index (χ2v) is 6.56. The topological polar surface area (TPSA) is 64.4 Å². The van der Waals surface area contributed by atoms with Gasteiger partial charge in [0.25, 0.3) is 0 Å². The summed E-state index contributed by atoms with van der Waals surface area (Å²) in [5.74, 6) is 1.40. The molecule has 1 aliphatic carbocycles. The van der Waals surface area contributed by atoms with Crippen molar-refractivity contribution in [2.75, 3.05) is 7.11 Å². The summed E-state index contributed by atoms with van der Waals surface area (Å²) in [5, 5.41) is 7.21. The van der Waals surface area contributed by atoms with Gasteiger partial charge in [0.15, 0.2) is 5.76 Å². The molecule has 5 nitrogen and oxygen atoms in total. The molecule has 1 saturated carbocycles. The van der Waals surface area contributed by atoms with Crippen LogP contribution in [0, 0.1) is 0 Å². The number of hydrogen-bond donors (Lipinski definition) is 1. The van der Waals surface area contributed by atoms with Gasteiger partial charge in [-0.3, -0.25) is 4.79 Å². The van der Waals surface area contributed by atoms with Gasteiger partial charge in [0.05, 0.1) is 18.2 Å². The van der Waals surface area contributed by atoms with Gasteiger partial charge in [-0.05, 0) is 30.5 Å². The van der Waals surface area contributed by atoms with Crippen molar-refractivity contribution in [2.24, 2.45) is 0 Å². The van der Waals surface area contributed by atoms with Crippen LogP contribution in [0.25, 0.3) is 11.3 Å². The van der Waals surface area contributed by atoms with Crippen molar-refractivity contribution < 1.29 is 14.1 Å². The van der Waals surface area contributed by atoms with Crippen molar-refractivity contribution in [1.29, 1.82) is 0 Å². The Bertz CT molecular complexity index is 914. The molecule has 0 bridgehead atoms. The zero-order chi connectivity index (χ0) is 18.0. The Balaban J connectivity index is 1.50. The van der Waals surface area contributed by atoms with Crippen LogP contribution < -0.4 is 10.1 Å².